The first kappa shape index (κ1) is 11.2. The smallest absolute Gasteiger partial charge is 0.436 e. The summed E-state index contributed by atoms with van der Waals surface area (Å²) >= 11 is 0. The molecule has 0 saturated heterocycles. The molecule has 15 heavy (non-hydrogen) atoms. The van der Waals surface area contributed by atoms with Gasteiger partial charge in [0, 0.05) is 5.56 Å². The summed E-state index contributed by atoms with van der Waals surface area (Å²) in [6, 6.07) is 9.21. The lowest BCUT2D eigenvalue weighted by Gasteiger charge is -2.06. The van der Waals surface area contributed by atoms with Crippen molar-refractivity contribution in [1.29, 1.82) is 0 Å². The zero-order chi connectivity index (χ0) is 11.1. The van der Waals surface area contributed by atoms with E-state index < -0.39 is 6.09 Å². The van der Waals surface area contributed by atoms with E-state index in [2.05, 4.69) is 9.73 Å². The first-order valence-electron chi connectivity index (χ1n) is 4.62. The summed E-state index contributed by atoms with van der Waals surface area (Å²) in [7, 11) is 1.28. The fourth-order valence-electron chi connectivity index (χ4n) is 1.03. The molecule has 0 aliphatic rings. The third-order valence-corrected chi connectivity index (χ3v) is 1.67. The maximum Gasteiger partial charge on any atom is 0.436 e. The molecule has 0 N–H and O–H groups in total. The van der Waals surface area contributed by atoms with Crippen LogP contribution in [-0.2, 0) is 9.47 Å². The molecule has 0 unspecified atom stereocenters. The highest BCUT2D eigenvalue weighted by molar-refractivity contribution is 5.99. The molecular weight excluding hydrogens is 194 g/mol. The highest BCUT2D eigenvalue weighted by Gasteiger charge is 2.06. The van der Waals surface area contributed by atoms with Crippen molar-refractivity contribution in [3.8, 4) is 0 Å². The number of hydrogen-bond acceptors (Lipinski definition) is 3. The molecule has 0 aliphatic heterocycles. The lowest BCUT2D eigenvalue weighted by atomic mass is 10.2. The molecule has 1 aromatic rings. The second-order valence-electron chi connectivity index (χ2n) is 2.69. The SMILES string of the molecule is CCO/C(=N\C(=O)OC)c1ccccc1. The van der Waals surface area contributed by atoms with E-state index in [1.807, 2.05) is 37.3 Å². The maximum atomic E-state index is 11.0. The van der Waals surface area contributed by atoms with E-state index in [1.54, 1.807) is 0 Å². The summed E-state index contributed by atoms with van der Waals surface area (Å²) in [4.78, 5) is 14.7. The molecule has 0 bridgehead atoms. The Bertz CT molecular complexity index is 346. The average molecular weight is 207 g/mol. The predicted octanol–water partition coefficient (Wildman–Crippen LogP) is 2.24. The largest absolute Gasteiger partial charge is 0.477 e. The predicted molar refractivity (Wildman–Crippen MR) is 57.0 cm³/mol. The van der Waals surface area contributed by atoms with E-state index in [-0.39, 0.29) is 5.90 Å². The van der Waals surface area contributed by atoms with Gasteiger partial charge in [0.2, 0.25) is 5.90 Å². The van der Waals surface area contributed by atoms with Crippen LogP contribution in [0.3, 0.4) is 0 Å². The number of ether oxygens (including phenoxy) is 2. The molecule has 0 saturated carbocycles. The summed E-state index contributed by atoms with van der Waals surface area (Å²) < 4.78 is 9.69. The summed E-state index contributed by atoms with van der Waals surface area (Å²) in [5.41, 5.74) is 0.754. The fourth-order valence-corrected chi connectivity index (χ4v) is 1.03. The highest BCUT2D eigenvalue weighted by atomic mass is 16.5. The van der Waals surface area contributed by atoms with Gasteiger partial charge in [-0.25, -0.2) is 4.79 Å². The van der Waals surface area contributed by atoms with E-state index in [0.29, 0.717) is 6.61 Å². The summed E-state index contributed by atoms with van der Waals surface area (Å²) in [6.45, 7) is 2.28. The van der Waals surface area contributed by atoms with E-state index >= 15 is 0 Å². The van der Waals surface area contributed by atoms with E-state index in [4.69, 9.17) is 4.74 Å². The van der Waals surface area contributed by atoms with Crippen LogP contribution < -0.4 is 0 Å². The lowest BCUT2D eigenvalue weighted by molar-refractivity contribution is 0.181. The average Bonchev–Trinajstić information content (AvgIpc) is 2.29. The number of hydrogen-bond donors (Lipinski definition) is 0. The van der Waals surface area contributed by atoms with Gasteiger partial charge in [0.1, 0.15) is 0 Å². The Hall–Kier alpha value is -1.84. The number of carbonyl (C=O) groups excluding carboxylic acids is 1. The number of aliphatic imine (C=N–C) groups is 1. The van der Waals surface area contributed by atoms with Crippen LogP contribution >= 0.6 is 0 Å². The molecule has 0 radical (unpaired) electrons. The Kier molecular flexibility index (Phi) is 4.34. The van der Waals surface area contributed by atoms with Crippen LogP contribution in [0.4, 0.5) is 4.79 Å². The molecule has 0 aliphatic carbocycles. The van der Waals surface area contributed by atoms with E-state index in [0.717, 1.165) is 5.56 Å². The third-order valence-electron chi connectivity index (χ3n) is 1.67. The quantitative estimate of drug-likeness (QED) is 0.552. The molecule has 1 rings (SSSR count). The summed E-state index contributed by atoms with van der Waals surface area (Å²) in [5, 5.41) is 0. The zero-order valence-corrected chi connectivity index (χ0v) is 8.77. The monoisotopic (exact) mass is 207 g/mol. The van der Waals surface area contributed by atoms with Crippen molar-refractivity contribution in [2.24, 2.45) is 4.99 Å². The van der Waals surface area contributed by atoms with Gasteiger partial charge in [-0.05, 0) is 19.1 Å². The number of rotatable bonds is 2. The Morgan fingerprint density at radius 2 is 2.00 bits per heavy atom. The van der Waals surface area contributed by atoms with Gasteiger partial charge in [-0.1, -0.05) is 18.2 Å². The van der Waals surface area contributed by atoms with Crippen molar-refractivity contribution in [3.05, 3.63) is 35.9 Å². The van der Waals surface area contributed by atoms with Crippen molar-refractivity contribution in [3.63, 3.8) is 0 Å². The Morgan fingerprint density at radius 1 is 1.33 bits per heavy atom. The van der Waals surface area contributed by atoms with Crippen molar-refractivity contribution in [2.45, 2.75) is 6.92 Å². The van der Waals surface area contributed by atoms with Gasteiger partial charge in [-0.3, -0.25) is 0 Å². The van der Waals surface area contributed by atoms with Crippen LogP contribution in [0.25, 0.3) is 0 Å². The second-order valence-corrected chi connectivity index (χ2v) is 2.69. The van der Waals surface area contributed by atoms with Gasteiger partial charge in [0.25, 0.3) is 0 Å². The van der Waals surface area contributed by atoms with Gasteiger partial charge in [0.05, 0.1) is 13.7 Å². The van der Waals surface area contributed by atoms with Crippen LogP contribution in [0.1, 0.15) is 12.5 Å². The van der Waals surface area contributed by atoms with Gasteiger partial charge in [0.15, 0.2) is 0 Å². The molecule has 0 heterocycles. The Morgan fingerprint density at radius 3 is 2.53 bits per heavy atom. The number of amides is 1. The first-order chi connectivity index (χ1) is 7.27. The zero-order valence-electron chi connectivity index (χ0n) is 8.77. The fraction of sp³-hybridized carbons (Fsp3) is 0.273. The van der Waals surface area contributed by atoms with Gasteiger partial charge >= 0.3 is 6.09 Å². The third kappa shape index (κ3) is 3.42. The molecule has 0 spiro atoms. The van der Waals surface area contributed by atoms with Crippen LogP contribution in [0.15, 0.2) is 35.3 Å². The maximum absolute atomic E-state index is 11.0. The minimum atomic E-state index is -0.665. The van der Waals surface area contributed by atoms with Crippen molar-refractivity contribution >= 4 is 12.0 Å². The van der Waals surface area contributed by atoms with Gasteiger partial charge < -0.3 is 9.47 Å². The highest BCUT2D eigenvalue weighted by Crippen LogP contribution is 2.03. The minimum Gasteiger partial charge on any atom is -0.477 e. The Balaban J connectivity index is 2.93. The molecule has 1 amide bonds. The van der Waals surface area contributed by atoms with Crippen molar-refractivity contribution < 1.29 is 14.3 Å². The standard InChI is InChI=1S/C11H13NO3/c1-3-15-10(12-11(13)14-2)9-7-5-4-6-8-9/h4-8H,3H2,1-2H3/b12-10-. The number of benzene rings is 1. The molecule has 0 aromatic heterocycles. The number of methoxy groups -OCH3 is 1. The second kappa shape index (κ2) is 5.80. The van der Waals surface area contributed by atoms with Crippen molar-refractivity contribution in [2.75, 3.05) is 13.7 Å². The first-order valence-corrected chi connectivity index (χ1v) is 4.62. The van der Waals surface area contributed by atoms with Gasteiger partial charge in [-0.2, -0.15) is 0 Å². The number of carbonyl (C=O) groups is 1. The van der Waals surface area contributed by atoms with E-state index in [9.17, 15) is 4.79 Å². The summed E-state index contributed by atoms with van der Waals surface area (Å²) in [5.74, 6) is 0.282. The molecular formula is C11H13NO3. The van der Waals surface area contributed by atoms with Gasteiger partial charge in [-0.15, -0.1) is 4.99 Å². The molecule has 0 atom stereocenters. The summed E-state index contributed by atoms with van der Waals surface area (Å²) in [6.07, 6.45) is -0.665. The molecule has 0 fully saturated rings. The van der Waals surface area contributed by atoms with E-state index in [1.165, 1.54) is 7.11 Å². The lowest BCUT2D eigenvalue weighted by Crippen LogP contribution is -2.09. The molecule has 1 aromatic carbocycles. The van der Waals surface area contributed by atoms with Crippen LogP contribution in [-0.4, -0.2) is 25.7 Å². The molecule has 4 heteroatoms. The van der Waals surface area contributed by atoms with Crippen LogP contribution in [0.5, 0.6) is 0 Å². The molecule has 80 valence electrons. The minimum absolute atomic E-state index is 0.282. The topological polar surface area (TPSA) is 47.9 Å². The van der Waals surface area contributed by atoms with Crippen LogP contribution in [0.2, 0.25) is 0 Å². The van der Waals surface area contributed by atoms with Crippen molar-refractivity contribution in [1.82, 2.24) is 0 Å². The number of nitrogens with zero attached hydrogens (tertiary/aromatic N) is 1. The normalized spacial score (nSPS) is 10.9. The molecule has 4 nitrogen and oxygen atoms in total. The Labute approximate surface area is 88.5 Å². The van der Waals surface area contributed by atoms with Crippen LogP contribution in [0, 0.1) is 0 Å².